The molecule has 1 saturated carbocycles. The Kier molecular flexibility index (Phi) is 9.91. The molecule has 2 heterocycles. The third kappa shape index (κ3) is 7.28. The summed E-state index contributed by atoms with van der Waals surface area (Å²) in [6, 6.07) is 24.9. The molecule has 6 rings (SSSR count). The van der Waals surface area contributed by atoms with Gasteiger partial charge < -0.3 is 15.0 Å². The van der Waals surface area contributed by atoms with Gasteiger partial charge in [0.15, 0.2) is 6.61 Å². The minimum atomic E-state index is -0.157. The van der Waals surface area contributed by atoms with Crippen LogP contribution in [-0.2, 0) is 11.3 Å². The molecule has 1 fully saturated rings. The zero-order chi connectivity index (χ0) is 31.3. The van der Waals surface area contributed by atoms with Crippen molar-refractivity contribution in [2.45, 2.75) is 44.3 Å². The number of benzene rings is 3. The van der Waals surface area contributed by atoms with E-state index in [1.807, 2.05) is 59.5 Å². The molecular weight excluding hydrogens is 649 g/mol. The number of fused-ring (bicyclic) bond motifs is 1. The molecule has 0 saturated heterocycles. The summed E-state index contributed by atoms with van der Waals surface area (Å²) < 4.78 is 6.31. The minimum absolute atomic E-state index is 0.00829. The fourth-order valence-electron chi connectivity index (χ4n) is 5.77. The van der Waals surface area contributed by atoms with Crippen molar-refractivity contribution < 1.29 is 14.3 Å². The molecule has 1 aliphatic rings. The highest BCUT2D eigenvalue weighted by atomic mass is 35.5. The normalized spacial score (nSPS) is 16.3. The second kappa shape index (κ2) is 14.2. The number of pyridine rings is 1. The average Bonchev–Trinajstić information content (AvgIpc) is 3.42. The van der Waals surface area contributed by atoms with Crippen molar-refractivity contribution in [3.8, 4) is 16.9 Å². The number of carbonyl (C=O) groups is 2. The summed E-state index contributed by atoms with van der Waals surface area (Å²) in [6.45, 7) is 0.364. The van der Waals surface area contributed by atoms with Crippen molar-refractivity contribution in [1.82, 2.24) is 15.2 Å². The number of carbonyl (C=O) groups excluding carboxylic acids is 2. The number of para-hydroxylation sites is 1. The van der Waals surface area contributed by atoms with E-state index >= 15 is 0 Å². The van der Waals surface area contributed by atoms with E-state index in [1.54, 1.807) is 24.5 Å². The highest BCUT2D eigenvalue weighted by Gasteiger charge is 2.32. The highest BCUT2D eigenvalue weighted by molar-refractivity contribution is 7.22. The quantitative estimate of drug-likeness (QED) is 0.169. The second-order valence-electron chi connectivity index (χ2n) is 11.0. The van der Waals surface area contributed by atoms with Crippen LogP contribution in [0.25, 0.3) is 21.2 Å². The Bertz CT molecular complexity index is 1810. The van der Waals surface area contributed by atoms with Crippen LogP contribution in [0.2, 0.25) is 15.1 Å². The monoisotopic (exact) mass is 677 g/mol. The number of hydrogen-bond donors (Lipinski definition) is 1. The predicted octanol–water partition coefficient (Wildman–Crippen LogP) is 9.07. The van der Waals surface area contributed by atoms with E-state index in [1.165, 1.54) is 11.3 Å². The van der Waals surface area contributed by atoms with E-state index in [2.05, 4.69) is 22.4 Å². The predicted molar refractivity (Wildman–Crippen MR) is 183 cm³/mol. The van der Waals surface area contributed by atoms with Gasteiger partial charge in [0.25, 0.3) is 11.8 Å². The fourth-order valence-corrected chi connectivity index (χ4v) is 7.76. The van der Waals surface area contributed by atoms with Crippen molar-refractivity contribution in [3.63, 3.8) is 0 Å². The summed E-state index contributed by atoms with van der Waals surface area (Å²) in [5.74, 6) is 0.351. The van der Waals surface area contributed by atoms with Crippen LogP contribution in [0.4, 0.5) is 0 Å². The first-order valence-electron chi connectivity index (χ1n) is 14.7. The highest BCUT2D eigenvalue weighted by Crippen LogP contribution is 2.43. The van der Waals surface area contributed by atoms with Crippen LogP contribution in [-0.4, -0.2) is 40.4 Å². The molecule has 2 amide bonds. The Balaban J connectivity index is 1.21. The van der Waals surface area contributed by atoms with E-state index in [0.29, 0.717) is 42.3 Å². The number of amides is 2. The van der Waals surface area contributed by atoms with Gasteiger partial charge in [0.1, 0.15) is 10.6 Å². The SMILES string of the molecule is O=C(COc1ccccc1)NC1CCC(N(Cc2cccc(-c3ccncc3)c2)C(=O)c2sc3c(Cl)c(Cl)ccc3c2Cl)CC1. The van der Waals surface area contributed by atoms with Crippen molar-refractivity contribution in [3.05, 3.63) is 117 Å². The van der Waals surface area contributed by atoms with Crippen molar-refractivity contribution in [2.75, 3.05) is 6.61 Å². The first kappa shape index (κ1) is 31.4. The minimum Gasteiger partial charge on any atom is -0.484 e. The van der Waals surface area contributed by atoms with Crippen LogP contribution in [0.1, 0.15) is 40.9 Å². The Hall–Kier alpha value is -3.62. The largest absolute Gasteiger partial charge is 0.484 e. The third-order valence-electron chi connectivity index (χ3n) is 8.05. The van der Waals surface area contributed by atoms with Crippen LogP contribution in [0.15, 0.2) is 91.3 Å². The van der Waals surface area contributed by atoms with Crippen molar-refractivity contribution in [1.29, 1.82) is 0 Å². The van der Waals surface area contributed by atoms with Gasteiger partial charge in [-0.05, 0) is 78.8 Å². The zero-order valence-electron chi connectivity index (χ0n) is 24.2. The van der Waals surface area contributed by atoms with Crippen molar-refractivity contribution >= 4 is 68.0 Å². The lowest BCUT2D eigenvalue weighted by Crippen LogP contribution is -2.46. The Morgan fingerprint density at radius 1 is 0.867 bits per heavy atom. The summed E-state index contributed by atoms with van der Waals surface area (Å²) in [5.41, 5.74) is 3.11. The molecule has 0 spiro atoms. The summed E-state index contributed by atoms with van der Waals surface area (Å²) in [4.78, 5) is 33.5. The van der Waals surface area contributed by atoms with Crippen LogP contribution in [0.5, 0.6) is 5.75 Å². The molecular formula is C35H30Cl3N3O3S. The molecule has 1 aliphatic carbocycles. The van der Waals surface area contributed by atoms with Gasteiger partial charge in [0.05, 0.1) is 19.8 Å². The summed E-state index contributed by atoms with van der Waals surface area (Å²) in [5, 5.41) is 5.01. The third-order valence-corrected chi connectivity index (χ3v) is 10.7. The van der Waals surface area contributed by atoms with Gasteiger partial charge in [-0.2, -0.15) is 0 Å². The molecule has 0 bridgehead atoms. The topological polar surface area (TPSA) is 71.5 Å². The Labute approximate surface area is 280 Å². The maximum absolute atomic E-state index is 14.4. The number of halogens is 3. The Morgan fingerprint density at radius 2 is 1.62 bits per heavy atom. The maximum Gasteiger partial charge on any atom is 0.266 e. The molecule has 0 aliphatic heterocycles. The lowest BCUT2D eigenvalue weighted by atomic mass is 9.89. The molecule has 45 heavy (non-hydrogen) atoms. The summed E-state index contributed by atoms with van der Waals surface area (Å²) in [6.07, 6.45) is 6.48. The molecule has 3 aromatic carbocycles. The number of hydrogen-bond acceptors (Lipinski definition) is 5. The van der Waals surface area contributed by atoms with Crippen LogP contribution in [0.3, 0.4) is 0 Å². The molecule has 10 heteroatoms. The van der Waals surface area contributed by atoms with E-state index in [9.17, 15) is 9.59 Å². The van der Waals surface area contributed by atoms with E-state index in [-0.39, 0.29) is 30.5 Å². The van der Waals surface area contributed by atoms with Gasteiger partial charge in [-0.25, -0.2) is 0 Å². The fraction of sp³-hybridized carbons (Fsp3) is 0.229. The van der Waals surface area contributed by atoms with Gasteiger partial charge in [-0.15, -0.1) is 11.3 Å². The van der Waals surface area contributed by atoms with Gasteiger partial charge in [-0.3, -0.25) is 14.6 Å². The van der Waals surface area contributed by atoms with Gasteiger partial charge in [-0.1, -0.05) is 77.3 Å². The Morgan fingerprint density at radius 3 is 2.38 bits per heavy atom. The molecule has 0 unspecified atom stereocenters. The van der Waals surface area contributed by atoms with Crippen LogP contribution in [0, 0.1) is 0 Å². The van der Waals surface area contributed by atoms with Gasteiger partial charge in [0.2, 0.25) is 0 Å². The van der Waals surface area contributed by atoms with Crippen molar-refractivity contribution in [2.24, 2.45) is 0 Å². The maximum atomic E-state index is 14.4. The van der Waals surface area contributed by atoms with Gasteiger partial charge >= 0.3 is 0 Å². The number of nitrogens with zero attached hydrogens (tertiary/aromatic N) is 2. The molecule has 230 valence electrons. The molecule has 0 atom stereocenters. The van der Waals surface area contributed by atoms with E-state index in [4.69, 9.17) is 39.5 Å². The van der Waals surface area contributed by atoms with Crippen LogP contribution >= 0.6 is 46.1 Å². The lowest BCUT2D eigenvalue weighted by Gasteiger charge is -2.37. The number of aromatic nitrogens is 1. The molecule has 1 N–H and O–H groups in total. The summed E-state index contributed by atoms with van der Waals surface area (Å²) in [7, 11) is 0. The first-order chi connectivity index (χ1) is 21.9. The first-order valence-corrected chi connectivity index (χ1v) is 16.7. The summed E-state index contributed by atoms with van der Waals surface area (Å²) >= 11 is 20.9. The smallest absolute Gasteiger partial charge is 0.266 e. The number of nitrogens with one attached hydrogen (secondary N) is 1. The molecule has 2 aromatic heterocycles. The molecule has 6 nitrogen and oxygen atoms in total. The zero-order valence-corrected chi connectivity index (χ0v) is 27.3. The number of ether oxygens (including phenoxy) is 1. The lowest BCUT2D eigenvalue weighted by molar-refractivity contribution is -0.124. The second-order valence-corrected chi connectivity index (χ2v) is 13.2. The van der Waals surface area contributed by atoms with E-state index in [0.717, 1.165) is 42.4 Å². The molecule has 0 radical (unpaired) electrons. The standard InChI is InChI=1S/C35H30Cl3N3O3S/c36-29-14-13-28-31(37)34(45-33(28)32(29)38)35(43)41(20-22-5-4-6-24(19-22)23-15-17-39-18-16-23)26-11-9-25(10-12-26)40-30(42)21-44-27-7-2-1-3-8-27/h1-8,13-19,25-26H,9-12,20-21H2,(H,40,42). The number of thiophene rings is 1. The van der Waals surface area contributed by atoms with E-state index < -0.39 is 0 Å². The average molecular weight is 679 g/mol. The van der Waals surface area contributed by atoms with Crippen LogP contribution < -0.4 is 10.1 Å². The molecule has 5 aromatic rings. The number of rotatable bonds is 9. The van der Waals surface area contributed by atoms with Gasteiger partial charge in [0, 0.05) is 36.4 Å².